The highest BCUT2D eigenvalue weighted by atomic mass is 32.2. The Balaban J connectivity index is 0.949. The largest absolute Gasteiger partial charge is 0.416 e. The number of nitrogens with one attached hydrogen (secondary N) is 2. The molecule has 0 spiro atoms. The predicted octanol–water partition coefficient (Wildman–Crippen LogP) is 5.83. The molecule has 1 amide bonds. The first-order chi connectivity index (χ1) is 21.4. The number of nitrogens with zero attached hydrogens (tertiary/aromatic N) is 3. The van der Waals surface area contributed by atoms with Crippen LogP contribution in [-0.4, -0.2) is 54.6 Å². The number of ether oxygens (including phenoxy) is 1. The van der Waals surface area contributed by atoms with Gasteiger partial charge in [-0.25, -0.2) is 27.5 Å². The minimum absolute atomic E-state index is 0.0354. The molecule has 45 heavy (non-hydrogen) atoms. The average molecular weight is 646 g/mol. The quantitative estimate of drug-likeness (QED) is 0.243. The molecule has 1 saturated heterocycles. The van der Waals surface area contributed by atoms with Crippen molar-refractivity contribution in [2.24, 2.45) is 5.92 Å². The summed E-state index contributed by atoms with van der Waals surface area (Å²) in [4.78, 5) is 26.7. The second-order valence-electron chi connectivity index (χ2n) is 11.4. The summed E-state index contributed by atoms with van der Waals surface area (Å²) < 4.78 is 85.4. The van der Waals surface area contributed by atoms with Crippen molar-refractivity contribution in [3.05, 3.63) is 72.2 Å². The molecule has 3 heterocycles. The molecule has 2 fully saturated rings. The third kappa shape index (κ3) is 7.12. The zero-order chi connectivity index (χ0) is 31.8. The molecule has 0 atom stereocenters. The number of carbonyl (C=O) groups is 1. The highest BCUT2D eigenvalue weighted by Gasteiger charge is 2.33. The number of alkyl halides is 3. The lowest BCUT2D eigenvalue weighted by Gasteiger charge is -2.36. The smallest absolute Gasteiger partial charge is 0.375 e. The number of carbonyl (C=O) groups excluding carboxylic acids is 1. The van der Waals surface area contributed by atoms with Gasteiger partial charge in [0.2, 0.25) is 5.91 Å². The van der Waals surface area contributed by atoms with E-state index in [1.807, 2.05) is 16.9 Å². The molecule has 0 bridgehead atoms. The van der Waals surface area contributed by atoms with Gasteiger partial charge < -0.3 is 14.6 Å². The first-order valence-electron chi connectivity index (χ1n) is 14.7. The van der Waals surface area contributed by atoms with Gasteiger partial charge in [-0.2, -0.15) is 13.2 Å². The minimum Gasteiger partial charge on any atom is -0.375 e. The van der Waals surface area contributed by atoms with Gasteiger partial charge in [-0.3, -0.25) is 4.79 Å². The summed E-state index contributed by atoms with van der Waals surface area (Å²) in [6.07, 6.45) is 0.924. The number of anilines is 1. The van der Waals surface area contributed by atoms with Crippen molar-refractivity contribution in [1.29, 1.82) is 0 Å². The van der Waals surface area contributed by atoms with Crippen LogP contribution in [0.1, 0.15) is 44.1 Å². The van der Waals surface area contributed by atoms with Gasteiger partial charge in [0.05, 0.1) is 33.7 Å². The van der Waals surface area contributed by atoms with Gasteiger partial charge in [0.15, 0.2) is 0 Å². The lowest BCUT2D eigenvalue weighted by Crippen LogP contribution is -2.41. The van der Waals surface area contributed by atoms with Crippen molar-refractivity contribution < 1.29 is 35.5 Å². The Bertz CT molecular complexity index is 1760. The van der Waals surface area contributed by atoms with E-state index in [0.29, 0.717) is 49.2 Å². The fourth-order valence-corrected chi connectivity index (χ4v) is 6.92. The molecule has 2 aliphatic rings. The topological polar surface area (TPSA) is 117 Å². The first kappa shape index (κ1) is 31.0. The third-order valence-electron chi connectivity index (χ3n) is 8.39. The summed E-state index contributed by atoms with van der Waals surface area (Å²) in [6, 6.07) is 11.3. The Hall–Kier alpha value is -4.04. The van der Waals surface area contributed by atoms with E-state index in [2.05, 4.69) is 19.9 Å². The molecule has 0 unspecified atom stereocenters. The second-order valence-corrected chi connectivity index (χ2v) is 13.1. The molecule has 9 nitrogen and oxygen atoms in total. The SMILES string of the molecule is O=C(NS(=O)(=O)c1ccc(C(F)(F)F)cc1)C1CCC(OC2CCN(c3ccc(-c4nc5cc(F)ccc5[nH]4)cn3)CC2)CC1. The van der Waals surface area contributed by atoms with E-state index in [0.717, 1.165) is 55.0 Å². The minimum atomic E-state index is -4.59. The van der Waals surface area contributed by atoms with Crippen molar-refractivity contribution >= 4 is 32.8 Å². The molecule has 238 valence electrons. The summed E-state index contributed by atoms with van der Waals surface area (Å²) in [6.45, 7) is 1.53. The summed E-state index contributed by atoms with van der Waals surface area (Å²) in [5.74, 6) is -0.0568. The van der Waals surface area contributed by atoms with Gasteiger partial charge >= 0.3 is 6.18 Å². The van der Waals surface area contributed by atoms with Gasteiger partial charge in [0, 0.05) is 36.8 Å². The highest BCUT2D eigenvalue weighted by molar-refractivity contribution is 7.90. The Morgan fingerprint density at radius 1 is 0.933 bits per heavy atom. The van der Waals surface area contributed by atoms with Crippen LogP contribution >= 0.6 is 0 Å². The summed E-state index contributed by atoms with van der Waals surface area (Å²) in [5.41, 5.74) is 1.13. The maximum atomic E-state index is 13.5. The molecule has 1 saturated carbocycles. The van der Waals surface area contributed by atoms with Crippen molar-refractivity contribution in [3.63, 3.8) is 0 Å². The number of pyridine rings is 1. The van der Waals surface area contributed by atoms with Crippen LogP contribution in [0.3, 0.4) is 0 Å². The van der Waals surface area contributed by atoms with E-state index in [1.165, 1.54) is 12.1 Å². The molecule has 6 rings (SSSR count). The molecule has 2 aromatic carbocycles. The first-order valence-corrected chi connectivity index (χ1v) is 16.2. The predicted molar refractivity (Wildman–Crippen MR) is 158 cm³/mol. The number of imidazole rings is 1. The molecule has 2 N–H and O–H groups in total. The normalized spacial score (nSPS) is 20.0. The van der Waals surface area contributed by atoms with Crippen LogP contribution in [0.5, 0.6) is 0 Å². The number of fused-ring (bicyclic) bond motifs is 1. The van der Waals surface area contributed by atoms with Crippen LogP contribution in [0, 0.1) is 11.7 Å². The van der Waals surface area contributed by atoms with Crippen LogP contribution in [-0.2, 0) is 25.7 Å². The monoisotopic (exact) mass is 645 g/mol. The number of benzene rings is 2. The number of hydrogen-bond acceptors (Lipinski definition) is 7. The van der Waals surface area contributed by atoms with Gasteiger partial charge in [0.1, 0.15) is 17.5 Å². The van der Waals surface area contributed by atoms with Crippen molar-refractivity contribution in [3.8, 4) is 11.4 Å². The van der Waals surface area contributed by atoms with E-state index in [4.69, 9.17) is 4.74 Å². The van der Waals surface area contributed by atoms with Gasteiger partial charge in [-0.05, 0) is 87.1 Å². The Morgan fingerprint density at radius 2 is 1.62 bits per heavy atom. The van der Waals surface area contributed by atoms with Gasteiger partial charge in [0.25, 0.3) is 10.0 Å². The highest BCUT2D eigenvalue weighted by Crippen LogP contribution is 2.32. The van der Waals surface area contributed by atoms with E-state index in [9.17, 15) is 30.8 Å². The number of sulfonamides is 1. The molecule has 14 heteroatoms. The fraction of sp³-hybridized carbons (Fsp3) is 0.387. The molecule has 2 aromatic heterocycles. The number of halogens is 4. The van der Waals surface area contributed by atoms with E-state index < -0.39 is 38.5 Å². The lowest BCUT2D eigenvalue weighted by atomic mass is 9.87. The summed E-state index contributed by atoms with van der Waals surface area (Å²) in [7, 11) is -4.28. The van der Waals surface area contributed by atoms with Crippen LogP contribution in [0.15, 0.2) is 65.7 Å². The zero-order valence-corrected chi connectivity index (χ0v) is 24.9. The Labute approximate surface area is 257 Å². The average Bonchev–Trinajstić information content (AvgIpc) is 3.45. The fourth-order valence-electron chi connectivity index (χ4n) is 5.88. The number of aromatic nitrogens is 3. The third-order valence-corrected chi connectivity index (χ3v) is 9.75. The molecular formula is C31H31F4N5O4S. The molecule has 1 aliphatic carbocycles. The molecule has 4 aromatic rings. The Kier molecular flexibility index (Phi) is 8.53. The van der Waals surface area contributed by atoms with E-state index in [1.54, 1.807) is 12.3 Å². The molecule has 1 aliphatic heterocycles. The zero-order valence-electron chi connectivity index (χ0n) is 24.1. The number of H-pyrrole nitrogens is 1. The molecular weight excluding hydrogens is 614 g/mol. The Morgan fingerprint density at radius 3 is 2.27 bits per heavy atom. The number of piperidine rings is 1. The second kappa shape index (κ2) is 12.4. The van der Waals surface area contributed by atoms with E-state index >= 15 is 0 Å². The van der Waals surface area contributed by atoms with Crippen LogP contribution in [0.25, 0.3) is 22.4 Å². The van der Waals surface area contributed by atoms with Crippen LogP contribution < -0.4 is 9.62 Å². The van der Waals surface area contributed by atoms with Crippen molar-refractivity contribution in [2.75, 3.05) is 18.0 Å². The lowest BCUT2D eigenvalue weighted by molar-refractivity contribution is -0.137. The number of rotatable bonds is 7. The summed E-state index contributed by atoms with van der Waals surface area (Å²) in [5, 5.41) is 0. The maximum absolute atomic E-state index is 13.5. The number of amides is 1. The van der Waals surface area contributed by atoms with E-state index in [-0.39, 0.29) is 18.0 Å². The van der Waals surface area contributed by atoms with Crippen LogP contribution in [0.4, 0.5) is 23.4 Å². The summed E-state index contributed by atoms with van der Waals surface area (Å²) >= 11 is 0. The van der Waals surface area contributed by atoms with Crippen molar-refractivity contribution in [2.45, 2.75) is 61.8 Å². The molecule has 0 radical (unpaired) electrons. The number of hydrogen-bond donors (Lipinski definition) is 2. The van der Waals surface area contributed by atoms with Crippen molar-refractivity contribution in [1.82, 2.24) is 19.7 Å². The van der Waals surface area contributed by atoms with Gasteiger partial charge in [-0.1, -0.05) is 0 Å². The van der Waals surface area contributed by atoms with Gasteiger partial charge in [-0.15, -0.1) is 0 Å². The standard InChI is InChI=1S/C31H31F4N5O4S/c32-22-6-11-26-27(17-22)38-29(37-26)20-3-12-28(36-18-20)40-15-13-24(14-16-40)44-23-7-1-19(2-8-23)30(41)39-45(42,43)25-9-4-21(5-10-25)31(33,34)35/h3-6,9-12,17-19,23-24H,1-2,7-8,13-16H2,(H,37,38)(H,39,41). The number of aromatic amines is 1. The van der Waals surface area contributed by atoms with Crippen LogP contribution in [0.2, 0.25) is 0 Å². The maximum Gasteiger partial charge on any atom is 0.416 e.